The molecule has 0 aliphatic carbocycles. The predicted molar refractivity (Wildman–Crippen MR) is 217 cm³/mol. The van der Waals surface area contributed by atoms with E-state index in [0.717, 1.165) is 43.7 Å². The molecule has 1 aromatic carbocycles. The highest BCUT2D eigenvalue weighted by atomic mass is 32.2. The molecule has 2 aliphatic rings. The number of sulfonamides is 1. The number of benzene rings is 1. The van der Waals surface area contributed by atoms with Crippen LogP contribution in [0.5, 0.6) is 0 Å². The number of methoxy groups -OCH3 is 1. The molecule has 6 atom stereocenters. The van der Waals surface area contributed by atoms with Crippen molar-refractivity contribution in [1.29, 1.82) is 0 Å². The van der Waals surface area contributed by atoms with E-state index < -0.39 is 68.5 Å². The minimum absolute atomic E-state index is 0.126. The van der Waals surface area contributed by atoms with Crippen molar-refractivity contribution >= 4 is 45.2 Å². The molecular formula is C41H63F3N6O8S. The van der Waals surface area contributed by atoms with Crippen LogP contribution >= 0.6 is 0 Å². The number of amides is 5. The van der Waals surface area contributed by atoms with E-state index in [1.54, 1.807) is 35.2 Å². The minimum atomic E-state index is -5.14. The Balaban J connectivity index is 1.77. The smallest absolute Gasteiger partial charge is 0.378 e. The third-order valence-corrected chi connectivity index (χ3v) is 12.5. The standard InChI is InChI=1S/C41H63F3N6O8S/c1-24(2)32(48(10)38(54)34(40(7,8)9)46-36(52)31-15-12-13-21-49(31)25(3)4)23-26(5)37(53)50-22-14-16-30(50)33(58-11)27(6)35(51)47-59(56,57)29-19-17-28(18-20-29)45-39(55)41(42,43)44/h17-20,23-25,27,30-34H,12-16,21-22H2,1-11H3,(H,45,55)(H,46,52)(H,47,51)/b26-23+/t27-,30+,31?,32-,33-,34-/m1/s1. The average Bonchev–Trinajstić information content (AvgIpc) is 3.63. The van der Waals surface area contributed by atoms with Crippen molar-refractivity contribution in [3.63, 3.8) is 0 Å². The molecule has 0 spiro atoms. The summed E-state index contributed by atoms with van der Waals surface area (Å²) in [5.41, 5.74) is -0.576. The van der Waals surface area contributed by atoms with Gasteiger partial charge in [0.25, 0.3) is 10.0 Å². The Morgan fingerprint density at radius 3 is 2.07 bits per heavy atom. The molecule has 0 radical (unpaired) electrons. The van der Waals surface area contributed by atoms with Crippen LogP contribution in [0.2, 0.25) is 0 Å². The molecule has 2 saturated heterocycles. The summed E-state index contributed by atoms with van der Waals surface area (Å²) >= 11 is 0. The number of hydrogen-bond donors (Lipinski definition) is 3. The van der Waals surface area contributed by atoms with Crippen LogP contribution in [0.1, 0.15) is 94.4 Å². The summed E-state index contributed by atoms with van der Waals surface area (Å²) in [7, 11) is -1.47. The number of ether oxygens (including phenoxy) is 1. The Morgan fingerprint density at radius 2 is 1.54 bits per heavy atom. The van der Waals surface area contributed by atoms with Gasteiger partial charge in [0.2, 0.25) is 23.6 Å². The summed E-state index contributed by atoms with van der Waals surface area (Å²) in [4.78, 5) is 71.7. The second kappa shape index (κ2) is 20.0. The quantitative estimate of drug-likeness (QED) is 0.208. The van der Waals surface area contributed by atoms with Gasteiger partial charge in [0.1, 0.15) is 6.04 Å². The zero-order chi connectivity index (χ0) is 44.8. The summed E-state index contributed by atoms with van der Waals surface area (Å²) < 4.78 is 71.7. The normalized spacial score (nSPS) is 20.5. The Hall–Kier alpha value is -4.03. The number of piperidine rings is 1. The molecule has 2 aliphatic heterocycles. The number of nitrogens with zero attached hydrogens (tertiary/aromatic N) is 3. The van der Waals surface area contributed by atoms with E-state index >= 15 is 0 Å². The van der Waals surface area contributed by atoms with Crippen molar-refractivity contribution in [2.45, 2.75) is 142 Å². The molecule has 59 heavy (non-hydrogen) atoms. The topological polar surface area (TPSA) is 175 Å². The number of carbonyl (C=O) groups is 5. The summed E-state index contributed by atoms with van der Waals surface area (Å²) in [5, 5.41) is 4.71. The summed E-state index contributed by atoms with van der Waals surface area (Å²) in [6.45, 7) is 18.0. The fourth-order valence-electron chi connectivity index (χ4n) is 7.83. The van der Waals surface area contributed by atoms with Crippen LogP contribution in [0.25, 0.3) is 0 Å². The minimum Gasteiger partial charge on any atom is -0.378 e. The largest absolute Gasteiger partial charge is 0.471 e. The van der Waals surface area contributed by atoms with Gasteiger partial charge in [-0.1, -0.05) is 54.0 Å². The van der Waals surface area contributed by atoms with Gasteiger partial charge in [-0.15, -0.1) is 0 Å². The molecule has 2 heterocycles. The molecule has 0 saturated carbocycles. The van der Waals surface area contributed by atoms with Crippen molar-refractivity contribution in [3.8, 4) is 0 Å². The zero-order valence-corrected chi connectivity index (χ0v) is 36.9. The lowest BCUT2D eigenvalue weighted by Crippen LogP contribution is -2.60. The highest BCUT2D eigenvalue weighted by Crippen LogP contribution is 2.30. The number of alkyl halides is 3. The zero-order valence-electron chi connectivity index (χ0n) is 36.1. The van der Waals surface area contributed by atoms with E-state index in [4.69, 9.17) is 4.74 Å². The van der Waals surface area contributed by atoms with Gasteiger partial charge in [-0.2, -0.15) is 13.2 Å². The molecule has 2 fully saturated rings. The molecule has 3 rings (SSSR count). The van der Waals surface area contributed by atoms with Crippen molar-refractivity contribution in [1.82, 2.24) is 24.7 Å². The van der Waals surface area contributed by atoms with Gasteiger partial charge in [0.15, 0.2) is 0 Å². The molecule has 1 aromatic rings. The van der Waals surface area contributed by atoms with Gasteiger partial charge in [0, 0.05) is 38.0 Å². The van der Waals surface area contributed by atoms with Gasteiger partial charge in [-0.25, -0.2) is 13.1 Å². The second-order valence-electron chi connectivity index (χ2n) is 17.3. The van der Waals surface area contributed by atoms with Gasteiger partial charge >= 0.3 is 12.1 Å². The molecule has 5 amide bonds. The molecule has 3 N–H and O–H groups in total. The summed E-state index contributed by atoms with van der Waals surface area (Å²) in [6, 6.07) is 1.66. The van der Waals surface area contributed by atoms with E-state index in [1.807, 2.05) is 39.3 Å². The lowest BCUT2D eigenvalue weighted by Gasteiger charge is -2.41. The fraction of sp³-hybridized carbons (Fsp3) is 0.683. The lowest BCUT2D eigenvalue weighted by atomic mass is 9.84. The van der Waals surface area contributed by atoms with Crippen molar-refractivity contribution < 1.29 is 50.3 Å². The van der Waals surface area contributed by atoms with Gasteiger partial charge < -0.3 is 25.2 Å². The molecule has 18 heteroatoms. The number of likely N-dealkylation sites (tertiary alicyclic amines) is 2. The Kier molecular flexibility index (Phi) is 16.7. The number of carbonyl (C=O) groups excluding carboxylic acids is 5. The third-order valence-electron chi connectivity index (χ3n) is 11.2. The molecule has 332 valence electrons. The molecule has 0 bridgehead atoms. The maximum atomic E-state index is 14.3. The molecule has 1 unspecified atom stereocenters. The lowest BCUT2D eigenvalue weighted by molar-refractivity contribution is -0.167. The summed E-state index contributed by atoms with van der Waals surface area (Å²) in [5.74, 6) is -5.17. The molecular weight excluding hydrogens is 794 g/mol. The van der Waals surface area contributed by atoms with E-state index in [9.17, 15) is 45.6 Å². The number of hydrogen-bond acceptors (Lipinski definition) is 9. The second-order valence-corrected chi connectivity index (χ2v) is 19.0. The first-order valence-corrected chi connectivity index (χ1v) is 21.6. The average molecular weight is 857 g/mol. The highest BCUT2D eigenvalue weighted by molar-refractivity contribution is 7.90. The summed E-state index contributed by atoms with van der Waals surface area (Å²) in [6.07, 6.45) is -0.627. The van der Waals surface area contributed by atoms with Crippen LogP contribution in [0.15, 0.2) is 40.8 Å². The predicted octanol–water partition coefficient (Wildman–Crippen LogP) is 4.86. The van der Waals surface area contributed by atoms with Crippen LogP contribution in [-0.2, 0) is 38.7 Å². The van der Waals surface area contributed by atoms with Gasteiger partial charge in [-0.3, -0.25) is 28.9 Å². The Labute approximate surface area is 347 Å². The van der Waals surface area contributed by atoms with E-state index in [2.05, 4.69) is 24.1 Å². The van der Waals surface area contributed by atoms with E-state index in [1.165, 1.54) is 14.0 Å². The maximum Gasteiger partial charge on any atom is 0.471 e. The number of anilines is 1. The number of halogens is 3. The van der Waals surface area contributed by atoms with Crippen LogP contribution in [-0.4, -0.2) is 122 Å². The van der Waals surface area contributed by atoms with E-state index in [-0.39, 0.29) is 41.4 Å². The first-order valence-electron chi connectivity index (χ1n) is 20.1. The highest BCUT2D eigenvalue weighted by Gasteiger charge is 2.43. The van der Waals surface area contributed by atoms with Crippen LogP contribution < -0.4 is 15.4 Å². The Morgan fingerprint density at radius 1 is 0.932 bits per heavy atom. The van der Waals surface area contributed by atoms with Crippen LogP contribution in [0.3, 0.4) is 0 Å². The first-order chi connectivity index (χ1) is 27.2. The third kappa shape index (κ3) is 12.5. The van der Waals surface area contributed by atoms with E-state index in [0.29, 0.717) is 31.4 Å². The molecule has 0 aromatic heterocycles. The van der Waals surface area contributed by atoms with Crippen LogP contribution in [0, 0.1) is 17.3 Å². The Bertz CT molecular complexity index is 1810. The van der Waals surface area contributed by atoms with Crippen molar-refractivity contribution in [3.05, 3.63) is 35.9 Å². The number of rotatable bonds is 15. The SMILES string of the molecule is CO[C@H]([C@@H](C)C(=O)NS(=O)(=O)c1ccc(NC(=O)C(F)(F)F)cc1)[C@@H]1CCCN1C(=O)/C(C)=C/[C@H](C(C)C)N(C)C(=O)[C@@H](NC(=O)C1CCCCN1C(C)C)C(C)(C)C. The monoisotopic (exact) mass is 856 g/mol. The van der Waals surface area contributed by atoms with Crippen molar-refractivity contribution in [2.75, 3.05) is 32.6 Å². The number of likely N-dealkylation sites (N-methyl/N-ethyl adjacent to an activating group) is 1. The maximum absolute atomic E-state index is 14.3. The fourth-order valence-corrected chi connectivity index (χ4v) is 8.89. The molecule has 14 nitrogen and oxygen atoms in total. The van der Waals surface area contributed by atoms with Gasteiger partial charge in [0.05, 0.1) is 35.0 Å². The first kappa shape index (κ1) is 49.3. The van der Waals surface area contributed by atoms with Gasteiger partial charge in [-0.05, 0) is 88.6 Å². The van der Waals surface area contributed by atoms with Crippen molar-refractivity contribution in [2.24, 2.45) is 17.3 Å². The number of nitrogens with one attached hydrogen (secondary N) is 3. The van der Waals surface area contributed by atoms with Crippen LogP contribution in [0.4, 0.5) is 18.9 Å².